The zero-order valence-electron chi connectivity index (χ0n) is 19.9. The van der Waals surface area contributed by atoms with Crippen LogP contribution in [0.4, 0.5) is 5.82 Å². The third kappa shape index (κ3) is 3.80. The fourth-order valence-corrected chi connectivity index (χ4v) is 5.21. The minimum absolute atomic E-state index is 0.0568. The molecular weight excluding hydrogens is 428 g/mol. The van der Waals surface area contributed by atoms with Crippen LogP contribution in [-0.4, -0.2) is 56.2 Å². The zero-order valence-corrected chi connectivity index (χ0v) is 19.9. The Morgan fingerprint density at radius 1 is 1.18 bits per heavy atom. The molecule has 0 aliphatic carbocycles. The van der Waals surface area contributed by atoms with Gasteiger partial charge in [-0.3, -0.25) is 4.79 Å². The lowest BCUT2D eigenvalue weighted by Gasteiger charge is -2.35. The van der Waals surface area contributed by atoms with Crippen molar-refractivity contribution in [3.8, 4) is 6.07 Å². The zero-order chi connectivity index (χ0) is 24.0. The summed E-state index contributed by atoms with van der Waals surface area (Å²) in [7, 11) is 0. The number of fused-ring (bicyclic) bond motifs is 1. The van der Waals surface area contributed by atoms with Crippen LogP contribution < -0.4 is 4.90 Å². The fraction of sp³-hybridized carbons (Fsp3) is 0.462. The topological polar surface area (TPSA) is 97.8 Å². The predicted octanol–water partition coefficient (Wildman–Crippen LogP) is 3.34. The molecule has 5 rings (SSSR count). The monoisotopic (exact) mass is 458 g/mol. The Morgan fingerprint density at radius 3 is 2.76 bits per heavy atom. The summed E-state index contributed by atoms with van der Waals surface area (Å²) in [6, 6.07) is 9.94. The van der Waals surface area contributed by atoms with E-state index in [0.717, 1.165) is 53.0 Å². The second kappa shape index (κ2) is 8.73. The molecule has 8 nitrogen and oxygen atoms in total. The number of benzene rings is 1. The van der Waals surface area contributed by atoms with E-state index in [1.807, 2.05) is 61.0 Å². The van der Waals surface area contributed by atoms with Crippen molar-refractivity contribution in [3.63, 3.8) is 0 Å². The molecule has 1 N–H and O–H groups in total. The maximum absolute atomic E-state index is 13.6. The molecule has 2 saturated heterocycles. The first-order chi connectivity index (χ1) is 16.4. The molecule has 2 aromatic heterocycles. The van der Waals surface area contributed by atoms with Gasteiger partial charge in [-0.15, -0.1) is 0 Å². The van der Waals surface area contributed by atoms with Gasteiger partial charge in [-0.2, -0.15) is 10.4 Å². The molecule has 3 aromatic rings. The van der Waals surface area contributed by atoms with Crippen molar-refractivity contribution < 1.29 is 9.90 Å². The van der Waals surface area contributed by atoms with Gasteiger partial charge >= 0.3 is 0 Å². The average Bonchev–Trinajstić information content (AvgIpc) is 3.42. The number of carbonyl (C=O) groups is 1. The van der Waals surface area contributed by atoms with E-state index in [2.05, 4.69) is 6.07 Å². The van der Waals surface area contributed by atoms with Crippen molar-refractivity contribution in [1.82, 2.24) is 19.5 Å². The summed E-state index contributed by atoms with van der Waals surface area (Å²) < 4.78 is 1.78. The summed E-state index contributed by atoms with van der Waals surface area (Å²) in [4.78, 5) is 22.3. The predicted molar refractivity (Wildman–Crippen MR) is 129 cm³/mol. The number of piperidine rings is 1. The van der Waals surface area contributed by atoms with Crippen LogP contribution in [0.1, 0.15) is 58.0 Å². The molecule has 8 heteroatoms. The van der Waals surface area contributed by atoms with Crippen molar-refractivity contribution in [3.05, 3.63) is 58.4 Å². The first-order valence-electron chi connectivity index (χ1n) is 11.9. The van der Waals surface area contributed by atoms with E-state index in [-0.39, 0.29) is 11.9 Å². The van der Waals surface area contributed by atoms with E-state index in [9.17, 15) is 15.2 Å². The number of aliphatic hydroxyl groups excluding tert-OH is 1. The number of aromatic nitrogens is 3. The summed E-state index contributed by atoms with van der Waals surface area (Å²) in [6.45, 7) is 7.57. The van der Waals surface area contributed by atoms with E-state index >= 15 is 0 Å². The lowest BCUT2D eigenvalue weighted by atomic mass is 9.96. The molecule has 0 spiro atoms. The van der Waals surface area contributed by atoms with Crippen molar-refractivity contribution in [2.75, 3.05) is 24.5 Å². The van der Waals surface area contributed by atoms with E-state index in [1.165, 1.54) is 0 Å². The molecule has 4 heterocycles. The van der Waals surface area contributed by atoms with Crippen LogP contribution >= 0.6 is 0 Å². The SMILES string of the molecule is Cc1cn2nc([C@@H]3CCCCN3C(=O)c3cccc(C)c3C)cc2nc1N1C[C@@H](C#N)[C@@H](O)C1. The van der Waals surface area contributed by atoms with Crippen LogP contribution in [0.3, 0.4) is 0 Å². The highest BCUT2D eigenvalue weighted by Gasteiger charge is 2.34. The van der Waals surface area contributed by atoms with Gasteiger partial charge in [0.2, 0.25) is 0 Å². The minimum atomic E-state index is -0.671. The lowest BCUT2D eigenvalue weighted by Crippen LogP contribution is -2.39. The Morgan fingerprint density at radius 2 is 2.00 bits per heavy atom. The highest BCUT2D eigenvalue weighted by atomic mass is 16.3. The number of hydrogen-bond donors (Lipinski definition) is 1. The smallest absolute Gasteiger partial charge is 0.254 e. The van der Waals surface area contributed by atoms with Crippen LogP contribution in [0.5, 0.6) is 0 Å². The van der Waals surface area contributed by atoms with E-state index in [1.54, 1.807) is 4.52 Å². The van der Waals surface area contributed by atoms with Crippen LogP contribution in [0.25, 0.3) is 5.65 Å². The molecule has 2 fully saturated rings. The summed E-state index contributed by atoms with van der Waals surface area (Å²) in [5.74, 6) is 0.411. The summed E-state index contributed by atoms with van der Waals surface area (Å²) in [5.41, 5.74) is 5.38. The minimum Gasteiger partial charge on any atom is -0.390 e. The number of rotatable bonds is 3. The summed E-state index contributed by atoms with van der Waals surface area (Å²) in [6.07, 6.45) is 4.17. The Bertz CT molecular complexity index is 1290. The molecule has 1 amide bonds. The maximum atomic E-state index is 13.6. The van der Waals surface area contributed by atoms with E-state index in [4.69, 9.17) is 10.1 Å². The van der Waals surface area contributed by atoms with E-state index < -0.39 is 12.0 Å². The first-order valence-corrected chi connectivity index (χ1v) is 11.9. The van der Waals surface area contributed by atoms with Gasteiger partial charge in [0.25, 0.3) is 5.91 Å². The third-order valence-electron chi connectivity index (χ3n) is 7.32. The summed E-state index contributed by atoms with van der Waals surface area (Å²) >= 11 is 0. The number of nitrogens with zero attached hydrogens (tertiary/aromatic N) is 6. The number of likely N-dealkylation sites (tertiary alicyclic amines) is 1. The highest BCUT2D eigenvalue weighted by Crippen LogP contribution is 2.33. The molecule has 3 atom stereocenters. The molecule has 0 unspecified atom stereocenters. The van der Waals surface area contributed by atoms with Crippen molar-refractivity contribution >= 4 is 17.4 Å². The highest BCUT2D eigenvalue weighted by molar-refractivity contribution is 5.96. The number of nitriles is 1. The van der Waals surface area contributed by atoms with Gasteiger partial charge in [-0.25, -0.2) is 9.50 Å². The standard InChI is InChI=1S/C26H30N6O2/c1-16-7-6-8-20(18(16)3)26(34)31-10-5-4-9-22(31)21-11-24-28-25(17(2)13-32(24)29-21)30-14-19(12-27)23(33)15-30/h6-8,11,13,19,22-23,33H,4-5,9-10,14-15H2,1-3H3/t19-,22+,23+/m1/s1. The largest absolute Gasteiger partial charge is 0.390 e. The molecule has 0 bridgehead atoms. The van der Waals surface area contributed by atoms with Crippen LogP contribution in [0.2, 0.25) is 0 Å². The van der Waals surface area contributed by atoms with Gasteiger partial charge < -0.3 is 14.9 Å². The molecule has 0 saturated carbocycles. The second-order valence-corrected chi connectivity index (χ2v) is 9.59. The van der Waals surface area contributed by atoms with E-state index in [0.29, 0.717) is 25.3 Å². The molecule has 0 radical (unpaired) electrons. The summed E-state index contributed by atoms with van der Waals surface area (Å²) in [5, 5.41) is 24.3. The van der Waals surface area contributed by atoms with Crippen LogP contribution in [0.15, 0.2) is 30.5 Å². The van der Waals surface area contributed by atoms with Gasteiger partial charge in [0.05, 0.1) is 29.8 Å². The van der Waals surface area contributed by atoms with Gasteiger partial charge in [0, 0.05) is 43.0 Å². The number of aryl methyl sites for hydroxylation is 2. The number of carbonyl (C=O) groups excluding carboxylic acids is 1. The Labute approximate surface area is 199 Å². The first kappa shape index (κ1) is 22.4. The van der Waals surface area contributed by atoms with Gasteiger partial charge in [-0.1, -0.05) is 12.1 Å². The third-order valence-corrected chi connectivity index (χ3v) is 7.32. The molecule has 2 aliphatic heterocycles. The molecular formula is C26H30N6O2. The Kier molecular flexibility index (Phi) is 5.74. The number of aliphatic hydroxyl groups is 1. The van der Waals surface area contributed by atoms with Gasteiger partial charge in [0.15, 0.2) is 5.65 Å². The van der Waals surface area contributed by atoms with Crippen molar-refractivity contribution in [2.24, 2.45) is 5.92 Å². The van der Waals surface area contributed by atoms with Crippen LogP contribution in [0, 0.1) is 38.0 Å². The second-order valence-electron chi connectivity index (χ2n) is 9.59. The normalized spacial score (nSPS) is 22.9. The molecule has 2 aliphatic rings. The quantitative estimate of drug-likeness (QED) is 0.646. The Balaban J connectivity index is 1.47. The number of anilines is 1. The molecule has 1 aromatic carbocycles. The van der Waals surface area contributed by atoms with Crippen LogP contribution in [-0.2, 0) is 0 Å². The maximum Gasteiger partial charge on any atom is 0.254 e. The lowest BCUT2D eigenvalue weighted by molar-refractivity contribution is 0.0605. The average molecular weight is 459 g/mol. The molecule has 34 heavy (non-hydrogen) atoms. The van der Waals surface area contributed by atoms with Crippen molar-refractivity contribution in [2.45, 2.75) is 52.2 Å². The van der Waals surface area contributed by atoms with Gasteiger partial charge in [0.1, 0.15) is 5.82 Å². The van der Waals surface area contributed by atoms with Crippen molar-refractivity contribution in [1.29, 1.82) is 5.26 Å². The number of amides is 1. The fourth-order valence-electron chi connectivity index (χ4n) is 5.21. The molecule has 176 valence electrons. The Hall–Kier alpha value is -3.44. The number of β-amino-alcohol motifs (C(OH)–C–C–N with tert-alkyl or cyclic N) is 1. The van der Waals surface area contributed by atoms with Gasteiger partial charge in [-0.05, 0) is 57.2 Å². The number of hydrogen-bond acceptors (Lipinski definition) is 6.